The second kappa shape index (κ2) is 18.0. The van der Waals surface area contributed by atoms with Crippen LogP contribution in [0, 0.1) is 5.92 Å². The SMILES string of the molecule is CCCCCOC(=O)Oc1ccc(C(C(C)COC(=O)CC)[C@H](N)C(=O)O)cc1OC(=O)OCCCCC. The van der Waals surface area contributed by atoms with Crippen LogP contribution in [0.3, 0.4) is 0 Å². The Morgan fingerprint density at radius 3 is 1.89 bits per heavy atom. The summed E-state index contributed by atoms with van der Waals surface area (Å²) in [5, 5.41) is 9.61. The van der Waals surface area contributed by atoms with Crippen LogP contribution in [0.1, 0.15) is 84.1 Å². The number of ether oxygens (including phenoxy) is 5. The summed E-state index contributed by atoms with van der Waals surface area (Å²) in [4.78, 5) is 48.0. The number of hydrogen-bond acceptors (Lipinski definition) is 10. The van der Waals surface area contributed by atoms with Gasteiger partial charge in [-0.25, -0.2) is 9.59 Å². The first kappa shape index (κ1) is 32.7. The van der Waals surface area contributed by atoms with Gasteiger partial charge < -0.3 is 34.5 Å². The van der Waals surface area contributed by atoms with Gasteiger partial charge in [0, 0.05) is 12.3 Å². The summed E-state index contributed by atoms with van der Waals surface area (Å²) < 4.78 is 26.0. The van der Waals surface area contributed by atoms with E-state index in [1.54, 1.807) is 13.8 Å². The van der Waals surface area contributed by atoms with E-state index in [0.717, 1.165) is 25.7 Å². The van der Waals surface area contributed by atoms with Crippen LogP contribution in [-0.2, 0) is 23.8 Å². The van der Waals surface area contributed by atoms with Crippen molar-refractivity contribution >= 4 is 24.2 Å². The van der Waals surface area contributed by atoms with Gasteiger partial charge in [-0.3, -0.25) is 9.59 Å². The second-order valence-corrected chi connectivity index (χ2v) is 8.93. The number of rotatable bonds is 17. The first-order chi connectivity index (χ1) is 18.1. The third-order valence-corrected chi connectivity index (χ3v) is 5.76. The zero-order valence-electron chi connectivity index (χ0n) is 22.7. The standard InChI is InChI=1S/C27H41NO10/c1-5-8-10-14-34-26(32)37-20-13-12-19(16-21(20)38-27(33)35-15-11-9-6-2)23(24(28)25(30)31)18(4)17-36-22(29)7-3/h12-13,16,18,23-24H,5-11,14-15,17,28H2,1-4H3,(H,30,31)/t18?,23?,24-/m0/s1. The molecule has 38 heavy (non-hydrogen) atoms. The molecular weight excluding hydrogens is 498 g/mol. The summed E-state index contributed by atoms with van der Waals surface area (Å²) in [5.74, 6) is -3.34. The van der Waals surface area contributed by atoms with E-state index >= 15 is 0 Å². The van der Waals surface area contributed by atoms with Crippen molar-refractivity contribution in [3.8, 4) is 11.5 Å². The Bertz CT molecular complexity index is 904. The minimum atomic E-state index is -1.37. The maximum absolute atomic E-state index is 12.3. The van der Waals surface area contributed by atoms with Crippen LogP contribution in [0.5, 0.6) is 11.5 Å². The van der Waals surface area contributed by atoms with E-state index in [1.807, 2.05) is 13.8 Å². The first-order valence-corrected chi connectivity index (χ1v) is 13.1. The highest BCUT2D eigenvalue weighted by Crippen LogP contribution is 2.36. The zero-order chi connectivity index (χ0) is 28.5. The van der Waals surface area contributed by atoms with E-state index in [2.05, 4.69) is 0 Å². The van der Waals surface area contributed by atoms with Crippen molar-refractivity contribution < 1.29 is 48.0 Å². The van der Waals surface area contributed by atoms with Crippen LogP contribution in [-0.4, -0.2) is 55.2 Å². The predicted octanol–water partition coefficient (Wildman–Crippen LogP) is 5.18. The molecule has 0 aromatic heterocycles. The van der Waals surface area contributed by atoms with Gasteiger partial charge in [0.1, 0.15) is 6.04 Å². The van der Waals surface area contributed by atoms with Gasteiger partial charge >= 0.3 is 24.2 Å². The lowest BCUT2D eigenvalue weighted by Gasteiger charge is -2.28. The van der Waals surface area contributed by atoms with Gasteiger partial charge in [-0.1, -0.05) is 59.4 Å². The maximum Gasteiger partial charge on any atom is 0.513 e. The summed E-state index contributed by atoms with van der Waals surface area (Å²) in [5.41, 5.74) is 6.37. The number of esters is 1. The molecule has 0 spiro atoms. The van der Waals surface area contributed by atoms with Crippen LogP contribution in [0.4, 0.5) is 9.59 Å². The molecule has 0 fully saturated rings. The van der Waals surface area contributed by atoms with Crippen molar-refractivity contribution in [2.75, 3.05) is 19.8 Å². The molecule has 214 valence electrons. The topological polar surface area (TPSA) is 161 Å². The normalized spacial score (nSPS) is 13.1. The van der Waals surface area contributed by atoms with Crippen LogP contribution >= 0.6 is 0 Å². The number of carbonyl (C=O) groups excluding carboxylic acids is 3. The number of carboxylic acids is 1. The highest BCUT2D eigenvalue weighted by atomic mass is 16.7. The number of benzene rings is 1. The molecule has 1 rings (SSSR count). The fourth-order valence-corrected chi connectivity index (χ4v) is 3.62. The Morgan fingerprint density at radius 2 is 1.39 bits per heavy atom. The zero-order valence-corrected chi connectivity index (χ0v) is 22.7. The van der Waals surface area contributed by atoms with Crippen molar-refractivity contribution in [1.82, 2.24) is 0 Å². The third kappa shape index (κ3) is 11.8. The smallest absolute Gasteiger partial charge is 0.480 e. The summed E-state index contributed by atoms with van der Waals surface area (Å²) >= 11 is 0. The molecule has 2 unspecified atom stereocenters. The van der Waals surface area contributed by atoms with Gasteiger partial charge in [0.25, 0.3) is 0 Å². The number of carbonyl (C=O) groups is 4. The van der Waals surface area contributed by atoms with Gasteiger partial charge in [0.2, 0.25) is 0 Å². The number of aliphatic carboxylic acids is 1. The molecule has 0 aliphatic carbocycles. The van der Waals surface area contributed by atoms with Gasteiger partial charge in [-0.2, -0.15) is 0 Å². The molecule has 0 aliphatic rings. The van der Waals surface area contributed by atoms with E-state index in [-0.39, 0.29) is 37.7 Å². The van der Waals surface area contributed by atoms with E-state index in [4.69, 9.17) is 29.4 Å². The van der Waals surface area contributed by atoms with Crippen LogP contribution in [0.25, 0.3) is 0 Å². The molecule has 0 radical (unpaired) electrons. The van der Waals surface area contributed by atoms with Crippen molar-refractivity contribution in [3.63, 3.8) is 0 Å². The lowest BCUT2D eigenvalue weighted by Crippen LogP contribution is -2.40. The largest absolute Gasteiger partial charge is 0.513 e. The van der Waals surface area contributed by atoms with Crippen LogP contribution in [0.15, 0.2) is 18.2 Å². The predicted molar refractivity (Wildman–Crippen MR) is 138 cm³/mol. The van der Waals surface area contributed by atoms with Crippen LogP contribution in [0.2, 0.25) is 0 Å². The fourth-order valence-electron chi connectivity index (χ4n) is 3.62. The summed E-state index contributed by atoms with van der Waals surface area (Å²) in [7, 11) is 0. The quantitative estimate of drug-likeness (QED) is 0.116. The molecule has 11 heteroatoms. The molecular formula is C27H41NO10. The minimum absolute atomic E-state index is 0.0731. The average molecular weight is 540 g/mol. The van der Waals surface area contributed by atoms with Gasteiger partial charge in [0.15, 0.2) is 11.5 Å². The lowest BCUT2D eigenvalue weighted by atomic mass is 9.82. The Labute approximate surface area is 223 Å². The van der Waals surface area contributed by atoms with Gasteiger partial charge in [-0.05, 0) is 36.5 Å². The molecule has 0 bridgehead atoms. The molecule has 1 aromatic rings. The number of nitrogens with two attached hydrogens (primary N) is 1. The molecule has 0 aliphatic heterocycles. The molecule has 0 heterocycles. The lowest BCUT2D eigenvalue weighted by molar-refractivity contribution is -0.145. The van der Waals surface area contributed by atoms with E-state index in [0.29, 0.717) is 18.4 Å². The number of unbranched alkanes of at least 4 members (excludes halogenated alkanes) is 4. The Balaban J connectivity index is 3.24. The summed E-state index contributed by atoms with van der Waals surface area (Å²) in [6.45, 7) is 7.61. The van der Waals surface area contributed by atoms with E-state index in [9.17, 15) is 24.3 Å². The van der Waals surface area contributed by atoms with Crippen molar-refractivity contribution in [1.29, 1.82) is 0 Å². The van der Waals surface area contributed by atoms with Gasteiger partial charge in [-0.15, -0.1) is 0 Å². The minimum Gasteiger partial charge on any atom is -0.480 e. The Kier molecular flexibility index (Phi) is 15.5. The Hall–Kier alpha value is -3.34. The average Bonchev–Trinajstić information content (AvgIpc) is 2.89. The molecule has 0 saturated heterocycles. The van der Waals surface area contributed by atoms with Crippen molar-refractivity contribution in [2.24, 2.45) is 11.7 Å². The van der Waals surface area contributed by atoms with E-state index < -0.39 is 42.1 Å². The molecule has 0 amide bonds. The maximum atomic E-state index is 12.3. The summed E-state index contributed by atoms with van der Waals surface area (Å²) in [6, 6.07) is 2.85. The molecule has 1 aromatic carbocycles. The molecule has 11 nitrogen and oxygen atoms in total. The monoisotopic (exact) mass is 539 g/mol. The fraction of sp³-hybridized carbons (Fsp3) is 0.630. The first-order valence-electron chi connectivity index (χ1n) is 13.1. The number of carboxylic acid groups (broad SMARTS) is 1. The third-order valence-electron chi connectivity index (χ3n) is 5.76. The molecule has 0 saturated carbocycles. The highest BCUT2D eigenvalue weighted by Gasteiger charge is 2.32. The van der Waals surface area contributed by atoms with E-state index in [1.165, 1.54) is 18.2 Å². The van der Waals surface area contributed by atoms with Crippen molar-refractivity contribution in [2.45, 2.75) is 84.6 Å². The Morgan fingerprint density at radius 1 is 0.842 bits per heavy atom. The second-order valence-electron chi connectivity index (χ2n) is 8.93. The van der Waals surface area contributed by atoms with Crippen LogP contribution < -0.4 is 15.2 Å². The summed E-state index contributed by atoms with van der Waals surface area (Å²) in [6.07, 6.45) is 3.16. The highest BCUT2D eigenvalue weighted by molar-refractivity contribution is 5.75. The molecule has 3 N–H and O–H groups in total. The van der Waals surface area contributed by atoms with Crippen molar-refractivity contribution in [3.05, 3.63) is 23.8 Å². The van der Waals surface area contributed by atoms with Gasteiger partial charge in [0.05, 0.1) is 19.8 Å². The molecule has 3 atom stereocenters. The number of hydrogen-bond donors (Lipinski definition) is 2.